The average molecular weight is 198 g/mol. The molecule has 1 saturated heterocycles. The summed E-state index contributed by atoms with van der Waals surface area (Å²) in [4.78, 5) is 11.6. The third kappa shape index (κ3) is 1.89. The van der Waals surface area contributed by atoms with Crippen LogP contribution in [0.1, 0.15) is 25.7 Å². The lowest BCUT2D eigenvalue weighted by molar-refractivity contribution is -0.126. The van der Waals surface area contributed by atoms with E-state index < -0.39 is 0 Å². The van der Waals surface area contributed by atoms with Gasteiger partial charge in [0, 0.05) is 18.6 Å². The summed E-state index contributed by atoms with van der Waals surface area (Å²) in [6.07, 6.45) is 4.74. The van der Waals surface area contributed by atoms with Gasteiger partial charge in [0.1, 0.15) is 6.04 Å². The summed E-state index contributed by atoms with van der Waals surface area (Å²) in [5.41, 5.74) is 2.54. The molecule has 0 radical (unpaired) electrons. The van der Waals surface area contributed by atoms with Crippen LogP contribution in [0.2, 0.25) is 0 Å². The number of amides is 1. The zero-order valence-electron chi connectivity index (χ0n) is 8.25. The quantitative estimate of drug-likeness (QED) is 0.334. The average Bonchev–Trinajstić information content (AvgIpc) is 2.19. The molecular formula is C9H18N4O. The molecule has 3 unspecified atom stereocenters. The van der Waals surface area contributed by atoms with E-state index in [1.54, 1.807) is 0 Å². The van der Waals surface area contributed by atoms with E-state index in [0.29, 0.717) is 18.6 Å². The molecule has 2 aliphatic rings. The Labute approximate surface area is 83.8 Å². The minimum atomic E-state index is -0.167. The summed E-state index contributed by atoms with van der Waals surface area (Å²) >= 11 is 0. The fourth-order valence-corrected chi connectivity index (χ4v) is 2.39. The van der Waals surface area contributed by atoms with Crippen molar-refractivity contribution in [2.75, 3.05) is 6.54 Å². The standard InChI is InChI=1S/C9H18N4O/c10-11-5-8-9(14)13-7-4-2-1-3-6(7)12-8/h6-8,11-12H,1-5,10H2,(H,13,14). The summed E-state index contributed by atoms with van der Waals surface area (Å²) in [5, 5.41) is 6.41. The van der Waals surface area contributed by atoms with Crippen molar-refractivity contribution in [3.05, 3.63) is 0 Å². The Morgan fingerprint density at radius 1 is 1.36 bits per heavy atom. The van der Waals surface area contributed by atoms with Gasteiger partial charge in [0.2, 0.25) is 5.91 Å². The molecule has 5 N–H and O–H groups in total. The van der Waals surface area contributed by atoms with E-state index in [0.717, 1.165) is 12.8 Å². The highest BCUT2D eigenvalue weighted by atomic mass is 16.2. The minimum absolute atomic E-state index is 0.0751. The molecule has 0 aromatic heterocycles. The lowest BCUT2D eigenvalue weighted by Gasteiger charge is -2.40. The van der Waals surface area contributed by atoms with Gasteiger partial charge in [-0.15, -0.1) is 0 Å². The van der Waals surface area contributed by atoms with Gasteiger partial charge in [0.05, 0.1) is 0 Å². The third-order valence-electron chi connectivity index (χ3n) is 3.15. The Morgan fingerprint density at radius 2 is 2.07 bits per heavy atom. The highest BCUT2D eigenvalue weighted by Crippen LogP contribution is 2.21. The number of hydrogen-bond acceptors (Lipinski definition) is 4. The van der Waals surface area contributed by atoms with Crippen LogP contribution in [0.25, 0.3) is 0 Å². The Morgan fingerprint density at radius 3 is 2.79 bits per heavy atom. The number of nitrogens with two attached hydrogens (primary N) is 1. The van der Waals surface area contributed by atoms with Crippen LogP contribution in [-0.2, 0) is 4.79 Å². The van der Waals surface area contributed by atoms with Crippen molar-refractivity contribution in [3.8, 4) is 0 Å². The van der Waals surface area contributed by atoms with Crippen LogP contribution < -0.4 is 21.9 Å². The highest BCUT2D eigenvalue weighted by Gasteiger charge is 2.35. The second-order valence-electron chi connectivity index (χ2n) is 4.13. The molecule has 1 amide bonds. The van der Waals surface area contributed by atoms with Crippen LogP contribution in [-0.4, -0.2) is 30.6 Å². The lowest BCUT2D eigenvalue weighted by Crippen LogP contribution is -2.67. The fraction of sp³-hybridized carbons (Fsp3) is 0.889. The Balaban J connectivity index is 1.96. The van der Waals surface area contributed by atoms with Crippen molar-refractivity contribution < 1.29 is 4.79 Å². The SMILES string of the molecule is NNCC1NC2CCCCC2NC1=O. The number of fused-ring (bicyclic) bond motifs is 1. The number of carbonyl (C=O) groups excluding carboxylic acids is 1. The molecule has 80 valence electrons. The maximum Gasteiger partial charge on any atom is 0.238 e. The van der Waals surface area contributed by atoms with Crippen LogP contribution in [0, 0.1) is 0 Å². The van der Waals surface area contributed by atoms with E-state index in [1.165, 1.54) is 12.8 Å². The molecule has 1 heterocycles. The summed E-state index contributed by atoms with van der Waals surface area (Å²) in [5.74, 6) is 5.29. The van der Waals surface area contributed by atoms with Gasteiger partial charge in [-0.1, -0.05) is 12.8 Å². The van der Waals surface area contributed by atoms with E-state index in [1.807, 2.05) is 0 Å². The van der Waals surface area contributed by atoms with Crippen LogP contribution >= 0.6 is 0 Å². The predicted octanol–water partition coefficient (Wildman–Crippen LogP) is -1.15. The number of carbonyl (C=O) groups is 1. The molecule has 2 rings (SSSR count). The van der Waals surface area contributed by atoms with E-state index in [4.69, 9.17) is 5.84 Å². The normalized spacial score (nSPS) is 37.5. The molecule has 0 spiro atoms. The molecule has 1 aliphatic carbocycles. The first-order chi connectivity index (χ1) is 6.81. The summed E-state index contributed by atoms with van der Waals surface area (Å²) in [6, 6.07) is 0.615. The number of rotatable bonds is 2. The molecule has 14 heavy (non-hydrogen) atoms. The Kier molecular flexibility index (Phi) is 3.00. The van der Waals surface area contributed by atoms with Gasteiger partial charge in [0.15, 0.2) is 0 Å². The van der Waals surface area contributed by atoms with Crippen molar-refractivity contribution in [1.82, 2.24) is 16.1 Å². The van der Waals surface area contributed by atoms with Gasteiger partial charge >= 0.3 is 0 Å². The van der Waals surface area contributed by atoms with Gasteiger partial charge in [-0.3, -0.25) is 21.4 Å². The van der Waals surface area contributed by atoms with Crippen LogP contribution in [0.15, 0.2) is 0 Å². The van der Waals surface area contributed by atoms with Crippen molar-refractivity contribution in [3.63, 3.8) is 0 Å². The Hall–Kier alpha value is -0.650. The molecule has 3 atom stereocenters. The highest BCUT2D eigenvalue weighted by molar-refractivity contribution is 5.83. The molecular weight excluding hydrogens is 180 g/mol. The molecule has 2 fully saturated rings. The third-order valence-corrected chi connectivity index (χ3v) is 3.15. The first-order valence-corrected chi connectivity index (χ1v) is 5.31. The van der Waals surface area contributed by atoms with Crippen molar-refractivity contribution in [2.45, 2.75) is 43.8 Å². The minimum Gasteiger partial charge on any atom is -0.350 e. The van der Waals surface area contributed by atoms with E-state index in [-0.39, 0.29) is 11.9 Å². The second kappa shape index (κ2) is 4.25. The van der Waals surface area contributed by atoms with Crippen molar-refractivity contribution >= 4 is 5.91 Å². The zero-order chi connectivity index (χ0) is 9.97. The summed E-state index contributed by atoms with van der Waals surface area (Å²) in [7, 11) is 0. The van der Waals surface area contributed by atoms with Crippen LogP contribution in [0.5, 0.6) is 0 Å². The maximum absolute atomic E-state index is 11.6. The zero-order valence-corrected chi connectivity index (χ0v) is 8.25. The summed E-state index contributed by atoms with van der Waals surface area (Å²) < 4.78 is 0. The second-order valence-corrected chi connectivity index (χ2v) is 4.13. The Bertz CT molecular complexity index is 221. The molecule has 5 nitrogen and oxygen atoms in total. The van der Waals surface area contributed by atoms with E-state index >= 15 is 0 Å². The molecule has 5 heteroatoms. The van der Waals surface area contributed by atoms with E-state index in [9.17, 15) is 4.79 Å². The summed E-state index contributed by atoms with van der Waals surface area (Å²) in [6.45, 7) is 0.495. The van der Waals surface area contributed by atoms with Gasteiger partial charge in [0.25, 0.3) is 0 Å². The van der Waals surface area contributed by atoms with Crippen molar-refractivity contribution in [2.24, 2.45) is 5.84 Å². The van der Waals surface area contributed by atoms with Gasteiger partial charge in [-0.25, -0.2) is 0 Å². The lowest BCUT2D eigenvalue weighted by atomic mass is 9.87. The van der Waals surface area contributed by atoms with Gasteiger partial charge in [-0.2, -0.15) is 0 Å². The topological polar surface area (TPSA) is 79.2 Å². The first kappa shape index (κ1) is 9.89. The van der Waals surface area contributed by atoms with Crippen molar-refractivity contribution in [1.29, 1.82) is 0 Å². The largest absolute Gasteiger partial charge is 0.350 e. The molecule has 1 saturated carbocycles. The maximum atomic E-state index is 11.6. The molecule has 0 aromatic carbocycles. The van der Waals surface area contributed by atoms with Gasteiger partial charge in [-0.05, 0) is 12.8 Å². The van der Waals surface area contributed by atoms with Gasteiger partial charge < -0.3 is 5.32 Å². The number of piperazine rings is 1. The predicted molar refractivity (Wildman–Crippen MR) is 53.3 cm³/mol. The molecule has 0 aromatic rings. The van der Waals surface area contributed by atoms with Crippen LogP contribution in [0.4, 0.5) is 0 Å². The monoisotopic (exact) mass is 198 g/mol. The first-order valence-electron chi connectivity index (χ1n) is 5.31. The molecule has 0 bridgehead atoms. The smallest absolute Gasteiger partial charge is 0.238 e. The van der Waals surface area contributed by atoms with Crippen LogP contribution in [0.3, 0.4) is 0 Å². The number of nitrogens with one attached hydrogen (secondary N) is 3. The number of hydrogen-bond donors (Lipinski definition) is 4. The number of hydrazine groups is 1. The molecule has 1 aliphatic heterocycles. The van der Waals surface area contributed by atoms with E-state index in [2.05, 4.69) is 16.1 Å². The fourth-order valence-electron chi connectivity index (χ4n) is 2.39.